The summed E-state index contributed by atoms with van der Waals surface area (Å²) < 4.78 is 0. The van der Waals surface area contributed by atoms with E-state index in [9.17, 15) is 5.11 Å². The number of rotatable bonds is 4. The molecule has 1 saturated heterocycles. The smallest absolute Gasteiger partial charge is 0.0820 e. The second-order valence-electron chi connectivity index (χ2n) is 4.74. The van der Waals surface area contributed by atoms with Gasteiger partial charge in [0, 0.05) is 25.7 Å². The third-order valence-electron chi connectivity index (χ3n) is 3.38. The van der Waals surface area contributed by atoms with Gasteiger partial charge in [0.15, 0.2) is 0 Å². The predicted octanol–water partition coefficient (Wildman–Crippen LogP) is 1.23. The molecule has 1 heterocycles. The maximum absolute atomic E-state index is 10.0. The van der Waals surface area contributed by atoms with E-state index in [0.29, 0.717) is 0 Å². The Kier molecular flexibility index (Phi) is 4.54. The van der Waals surface area contributed by atoms with E-state index in [2.05, 4.69) is 41.4 Å². The first-order chi connectivity index (χ1) is 8.29. The fraction of sp³-hybridized carbons (Fsp3) is 0.571. The van der Waals surface area contributed by atoms with Crippen molar-refractivity contribution in [1.82, 2.24) is 10.2 Å². The van der Waals surface area contributed by atoms with Crippen LogP contribution in [-0.2, 0) is 6.54 Å². The van der Waals surface area contributed by atoms with Crippen molar-refractivity contribution in [3.63, 3.8) is 0 Å². The molecule has 3 heteroatoms. The molecule has 0 aliphatic carbocycles. The number of piperidine rings is 1. The molecule has 2 N–H and O–H groups in total. The van der Waals surface area contributed by atoms with Crippen molar-refractivity contribution >= 4 is 0 Å². The van der Waals surface area contributed by atoms with Crippen molar-refractivity contribution in [2.24, 2.45) is 0 Å². The molecule has 1 aromatic rings. The van der Waals surface area contributed by atoms with Crippen LogP contribution in [0.25, 0.3) is 0 Å². The van der Waals surface area contributed by atoms with Gasteiger partial charge in [-0.1, -0.05) is 37.3 Å². The molecule has 0 bridgehead atoms. The Balaban J connectivity index is 1.85. The molecule has 1 aliphatic rings. The maximum Gasteiger partial charge on any atom is 0.0820 e. The van der Waals surface area contributed by atoms with E-state index >= 15 is 0 Å². The van der Waals surface area contributed by atoms with Gasteiger partial charge >= 0.3 is 0 Å². The largest absolute Gasteiger partial charge is 0.390 e. The van der Waals surface area contributed by atoms with Gasteiger partial charge in [-0.3, -0.25) is 4.90 Å². The number of likely N-dealkylation sites (tertiary alicyclic amines) is 1. The summed E-state index contributed by atoms with van der Waals surface area (Å²) in [5.74, 6) is 0. The molecule has 1 aromatic carbocycles. The van der Waals surface area contributed by atoms with Crippen molar-refractivity contribution in [1.29, 1.82) is 0 Å². The number of benzene rings is 1. The van der Waals surface area contributed by atoms with Crippen LogP contribution in [-0.4, -0.2) is 41.8 Å². The summed E-state index contributed by atoms with van der Waals surface area (Å²) in [5, 5.41) is 13.4. The number of hydrogen-bond acceptors (Lipinski definition) is 3. The van der Waals surface area contributed by atoms with E-state index in [1.54, 1.807) is 0 Å². The second kappa shape index (κ2) is 6.15. The summed E-state index contributed by atoms with van der Waals surface area (Å²) in [7, 11) is 0. The van der Waals surface area contributed by atoms with E-state index in [4.69, 9.17) is 0 Å². The highest BCUT2D eigenvalue weighted by atomic mass is 16.3. The Morgan fingerprint density at radius 2 is 2.12 bits per heavy atom. The second-order valence-corrected chi connectivity index (χ2v) is 4.74. The molecule has 2 atom stereocenters. The number of nitrogens with one attached hydrogen (secondary N) is 1. The monoisotopic (exact) mass is 234 g/mol. The van der Waals surface area contributed by atoms with Crippen molar-refractivity contribution in [2.75, 3.05) is 19.6 Å². The predicted molar refractivity (Wildman–Crippen MR) is 69.8 cm³/mol. The fourth-order valence-corrected chi connectivity index (χ4v) is 2.48. The molecule has 0 saturated carbocycles. The summed E-state index contributed by atoms with van der Waals surface area (Å²) in [6.07, 6.45) is 0.786. The van der Waals surface area contributed by atoms with Crippen LogP contribution in [0.1, 0.15) is 18.9 Å². The Morgan fingerprint density at radius 1 is 1.35 bits per heavy atom. The van der Waals surface area contributed by atoms with E-state index in [0.717, 1.165) is 32.6 Å². The highest BCUT2D eigenvalue weighted by Gasteiger charge is 2.26. The zero-order chi connectivity index (χ0) is 12.1. The third kappa shape index (κ3) is 3.53. The van der Waals surface area contributed by atoms with E-state index < -0.39 is 0 Å². The van der Waals surface area contributed by atoms with Crippen LogP contribution in [0.2, 0.25) is 0 Å². The molecule has 3 nitrogen and oxygen atoms in total. The lowest BCUT2D eigenvalue weighted by atomic mass is 10.0. The number of nitrogens with zero attached hydrogens (tertiary/aromatic N) is 1. The van der Waals surface area contributed by atoms with Crippen LogP contribution >= 0.6 is 0 Å². The van der Waals surface area contributed by atoms with Gasteiger partial charge in [-0.05, 0) is 18.5 Å². The topological polar surface area (TPSA) is 35.5 Å². The van der Waals surface area contributed by atoms with E-state index in [-0.39, 0.29) is 12.1 Å². The Labute approximate surface area is 103 Å². The molecule has 2 rings (SSSR count). The fourth-order valence-electron chi connectivity index (χ4n) is 2.48. The summed E-state index contributed by atoms with van der Waals surface area (Å²) in [4.78, 5) is 2.33. The van der Waals surface area contributed by atoms with Crippen LogP contribution < -0.4 is 5.32 Å². The average Bonchev–Trinajstić information content (AvgIpc) is 2.34. The number of aliphatic hydroxyl groups excluding tert-OH is 1. The van der Waals surface area contributed by atoms with Gasteiger partial charge in [-0.25, -0.2) is 0 Å². The first kappa shape index (κ1) is 12.6. The molecule has 0 amide bonds. The summed E-state index contributed by atoms with van der Waals surface area (Å²) in [5.41, 5.74) is 1.32. The van der Waals surface area contributed by atoms with Gasteiger partial charge in [0.1, 0.15) is 0 Å². The van der Waals surface area contributed by atoms with Crippen molar-refractivity contribution in [3.8, 4) is 0 Å². The quantitative estimate of drug-likeness (QED) is 0.822. The van der Waals surface area contributed by atoms with Gasteiger partial charge in [-0.15, -0.1) is 0 Å². The highest BCUT2D eigenvalue weighted by molar-refractivity contribution is 5.14. The summed E-state index contributed by atoms with van der Waals surface area (Å²) in [6.45, 7) is 5.79. The van der Waals surface area contributed by atoms with Crippen LogP contribution in [0.5, 0.6) is 0 Å². The molecule has 0 radical (unpaired) electrons. The molecular formula is C14H22N2O. The van der Waals surface area contributed by atoms with Crippen LogP contribution in [0.4, 0.5) is 0 Å². The van der Waals surface area contributed by atoms with Gasteiger partial charge in [0.25, 0.3) is 0 Å². The normalized spacial score (nSPS) is 26.0. The van der Waals surface area contributed by atoms with Gasteiger partial charge < -0.3 is 10.4 Å². The Bertz CT molecular complexity index is 328. The van der Waals surface area contributed by atoms with Crippen molar-refractivity contribution in [2.45, 2.75) is 32.0 Å². The number of hydrogen-bond donors (Lipinski definition) is 2. The summed E-state index contributed by atoms with van der Waals surface area (Å²) >= 11 is 0. The number of β-amino-alcohol motifs (C(OH)–C–C–N with tert-alkyl or cyclic N) is 1. The van der Waals surface area contributed by atoms with E-state index in [1.807, 2.05) is 6.07 Å². The van der Waals surface area contributed by atoms with Crippen molar-refractivity contribution in [3.05, 3.63) is 35.9 Å². The lowest BCUT2D eigenvalue weighted by molar-refractivity contribution is 0.0377. The molecule has 17 heavy (non-hydrogen) atoms. The van der Waals surface area contributed by atoms with Crippen LogP contribution in [0.15, 0.2) is 30.3 Å². The summed E-state index contributed by atoms with van der Waals surface area (Å²) in [6, 6.07) is 10.7. The van der Waals surface area contributed by atoms with Gasteiger partial charge in [0.05, 0.1) is 6.10 Å². The Hall–Kier alpha value is -0.900. The lowest BCUT2D eigenvalue weighted by Gasteiger charge is -2.36. The standard InChI is InChI=1S/C14H22N2O/c1-2-15-13-8-9-16(11-14(13)17)10-12-6-4-3-5-7-12/h3-7,13-15,17H,2,8-11H2,1H3/t13-,14-/m0/s1. The molecule has 0 aromatic heterocycles. The number of aliphatic hydroxyl groups is 1. The van der Waals surface area contributed by atoms with Crippen LogP contribution in [0.3, 0.4) is 0 Å². The molecule has 1 aliphatic heterocycles. The number of likely N-dealkylation sites (N-methyl/N-ethyl adjacent to an activating group) is 1. The van der Waals surface area contributed by atoms with Crippen LogP contribution in [0, 0.1) is 0 Å². The first-order valence-corrected chi connectivity index (χ1v) is 6.47. The zero-order valence-corrected chi connectivity index (χ0v) is 10.5. The van der Waals surface area contributed by atoms with Gasteiger partial charge in [0.2, 0.25) is 0 Å². The average molecular weight is 234 g/mol. The zero-order valence-electron chi connectivity index (χ0n) is 10.5. The van der Waals surface area contributed by atoms with Crippen molar-refractivity contribution < 1.29 is 5.11 Å². The molecule has 0 unspecified atom stereocenters. The molecule has 1 fully saturated rings. The maximum atomic E-state index is 10.0. The molecule has 94 valence electrons. The lowest BCUT2D eigenvalue weighted by Crippen LogP contribution is -2.52. The Morgan fingerprint density at radius 3 is 2.76 bits per heavy atom. The minimum atomic E-state index is -0.243. The molecule has 0 spiro atoms. The van der Waals surface area contributed by atoms with Gasteiger partial charge in [-0.2, -0.15) is 0 Å². The third-order valence-corrected chi connectivity index (χ3v) is 3.38. The molecular weight excluding hydrogens is 212 g/mol. The van der Waals surface area contributed by atoms with E-state index in [1.165, 1.54) is 5.56 Å². The highest BCUT2D eigenvalue weighted by Crippen LogP contribution is 2.14. The minimum Gasteiger partial charge on any atom is -0.390 e. The minimum absolute atomic E-state index is 0.243. The first-order valence-electron chi connectivity index (χ1n) is 6.47. The SMILES string of the molecule is CCN[C@H]1CCN(Cc2ccccc2)C[C@@H]1O.